The first kappa shape index (κ1) is 26.0. The van der Waals surface area contributed by atoms with Crippen molar-refractivity contribution in [2.45, 2.75) is 45.3 Å². The van der Waals surface area contributed by atoms with Crippen LogP contribution in [0.3, 0.4) is 0 Å². The van der Waals surface area contributed by atoms with E-state index >= 15 is 0 Å². The number of amides is 1. The van der Waals surface area contributed by atoms with Crippen LogP contribution in [0.4, 0.5) is 17.5 Å². The van der Waals surface area contributed by atoms with Gasteiger partial charge < -0.3 is 20.2 Å². The lowest BCUT2D eigenvalue weighted by atomic mass is 9.96. The number of hydrogen-bond donors (Lipinski definition) is 2. The number of imidazole rings is 1. The summed E-state index contributed by atoms with van der Waals surface area (Å²) in [4.78, 5) is 37.9. The Kier molecular flexibility index (Phi) is 7.28. The molecule has 1 amide bonds. The smallest absolute Gasteiger partial charge is 0.328 e. The Balaban J connectivity index is 1.55. The molecule has 0 unspecified atom stereocenters. The largest absolute Gasteiger partial charge is 0.390 e. The number of anilines is 3. The minimum atomic E-state index is -0.878. The molecule has 0 aliphatic carbocycles. The first-order valence-corrected chi connectivity index (χ1v) is 12.5. The summed E-state index contributed by atoms with van der Waals surface area (Å²) in [6.07, 6.45) is 3.52. The van der Waals surface area contributed by atoms with Gasteiger partial charge in [0.05, 0.1) is 22.8 Å². The number of nitrogens with one attached hydrogen (secondary N) is 1. The number of piperidine rings is 1. The lowest BCUT2D eigenvalue weighted by Crippen LogP contribution is -2.40. The lowest BCUT2D eigenvalue weighted by molar-refractivity contribution is -0.133. The van der Waals surface area contributed by atoms with Crippen LogP contribution < -0.4 is 15.9 Å². The van der Waals surface area contributed by atoms with Crippen molar-refractivity contribution in [2.24, 2.45) is 13.0 Å². The van der Waals surface area contributed by atoms with E-state index in [0.29, 0.717) is 42.8 Å². The van der Waals surface area contributed by atoms with E-state index in [-0.39, 0.29) is 17.5 Å². The van der Waals surface area contributed by atoms with Gasteiger partial charge in [-0.15, -0.1) is 0 Å². The van der Waals surface area contributed by atoms with E-state index in [0.717, 1.165) is 29.6 Å². The summed E-state index contributed by atoms with van der Waals surface area (Å²) in [6.45, 7) is 5.23. The van der Waals surface area contributed by atoms with Gasteiger partial charge in [0, 0.05) is 52.4 Å². The average Bonchev–Trinajstić information content (AvgIpc) is 3.07. The summed E-state index contributed by atoms with van der Waals surface area (Å²) in [5, 5.41) is 13.8. The molecule has 194 valence electrons. The van der Waals surface area contributed by atoms with Crippen molar-refractivity contribution in [1.82, 2.24) is 24.0 Å². The zero-order valence-corrected chi connectivity index (χ0v) is 22.2. The molecule has 10 nitrogen and oxygen atoms in total. The highest BCUT2D eigenvalue weighted by Gasteiger charge is 2.27. The van der Waals surface area contributed by atoms with E-state index in [1.165, 1.54) is 0 Å². The predicted molar refractivity (Wildman–Crippen MR) is 142 cm³/mol. The molecule has 1 fully saturated rings. The van der Waals surface area contributed by atoms with Crippen molar-refractivity contribution < 1.29 is 9.90 Å². The first-order valence-electron chi connectivity index (χ1n) is 12.1. The molecular weight excluding hydrogens is 482 g/mol. The minimum absolute atomic E-state index is 0.0211. The second-order valence-corrected chi connectivity index (χ2v) is 10.7. The Morgan fingerprint density at radius 3 is 2.58 bits per heavy atom. The quantitative estimate of drug-likeness (QED) is 0.498. The minimum Gasteiger partial charge on any atom is -0.390 e. The predicted octanol–water partition coefficient (Wildman–Crippen LogP) is 2.99. The normalized spacial score (nSPS) is 14.9. The number of nitrogens with zero attached hydrogens (tertiary/aromatic N) is 6. The van der Waals surface area contributed by atoms with Crippen LogP contribution in [0.1, 0.15) is 33.1 Å². The van der Waals surface area contributed by atoms with Crippen molar-refractivity contribution in [3.63, 3.8) is 0 Å². The second kappa shape index (κ2) is 10.1. The number of aryl methyl sites for hydroxylation is 2. The van der Waals surface area contributed by atoms with Crippen molar-refractivity contribution in [3.05, 3.63) is 39.9 Å². The molecular formula is C25H34ClN7O3. The molecule has 0 spiro atoms. The summed E-state index contributed by atoms with van der Waals surface area (Å²) in [7, 11) is 5.31. The van der Waals surface area contributed by atoms with Gasteiger partial charge in [-0.3, -0.25) is 13.9 Å². The molecule has 2 aromatic heterocycles. The molecule has 1 saturated heterocycles. The highest BCUT2D eigenvalue weighted by molar-refractivity contribution is 6.32. The molecule has 36 heavy (non-hydrogen) atoms. The monoisotopic (exact) mass is 515 g/mol. The third-order valence-electron chi connectivity index (χ3n) is 6.65. The van der Waals surface area contributed by atoms with Gasteiger partial charge in [0.1, 0.15) is 5.02 Å². The number of carbonyl (C=O) groups excluding carboxylic acids is 1. The van der Waals surface area contributed by atoms with Crippen LogP contribution >= 0.6 is 11.6 Å². The number of aromatic nitrogens is 4. The fraction of sp³-hybridized carbons (Fsp3) is 0.520. The van der Waals surface area contributed by atoms with E-state index in [1.54, 1.807) is 55.2 Å². The van der Waals surface area contributed by atoms with Crippen molar-refractivity contribution in [2.75, 3.05) is 37.4 Å². The van der Waals surface area contributed by atoms with Crippen LogP contribution in [-0.4, -0.2) is 67.8 Å². The molecule has 0 saturated carbocycles. The van der Waals surface area contributed by atoms with E-state index in [2.05, 4.69) is 20.2 Å². The SMILES string of the molecule is CN(C)C(=O)C1CCN(c2ncc(Cl)c(Nc3ccc4c(c3)n(CCC(C)(C)O)c(=O)n4C)n2)CC1. The highest BCUT2D eigenvalue weighted by atomic mass is 35.5. The van der Waals surface area contributed by atoms with Gasteiger partial charge in [-0.1, -0.05) is 11.6 Å². The Labute approximate surface area is 215 Å². The maximum absolute atomic E-state index is 12.8. The van der Waals surface area contributed by atoms with Gasteiger partial charge in [0.25, 0.3) is 0 Å². The Morgan fingerprint density at radius 1 is 1.25 bits per heavy atom. The summed E-state index contributed by atoms with van der Waals surface area (Å²) >= 11 is 6.42. The van der Waals surface area contributed by atoms with Gasteiger partial charge in [-0.25, -0.2) is 9.78 Å². The Hall–Kier alpha value is -3.11. The molecule has 1 aliphatic rings. The van der Waals surface area contributed by atoms with Crippen molar-refractivity contribution in [3.8, 4) is 0 Å². The number of halogens is 1. The number of aliphatic hydroxyl groups is 1. The molecule has 11 heteroatoms. The van der Waals surface area contributed by atoms with Gasteiger partial charge in [0.15, 0.2) is 5.82 Å². The summed E-state index contributed by atoms with van der Waals surface area (Å²) in [5.41, 5.74) is 1.27. The van der Waals surface area contributed by atoms with Gasteiger partial charge in [0.2, 0.25) is 11.9 Å². The number of fused-ring (bicyclic) bond motifs is 1. The number of benzene rings is 1. The molecule has 1 aromatic carbocycles. The maximum atomic E-state index is 12.8. The van der Waals surface area contributed by atoms with Crippen LogP contribution in [-0.2, 0) is 18.4 Å². The van der Waals surface area contributed by atoms with E-state index < -0.39 is 5.60 Å². The van der Waals surface area contributed by atoms with Gasteiger partial charge >= 0.3 is 5.69 Å². The van der Waals surface area contributed by atoms with Crippen LogP contribution in [0.25, 0.3) is 11.0 Å². The molecule has 0 radical (unpaired) electrons. The Bertz CT molecular complexity index is 1320. The Morgan fingerprint density at radius 2 is 1.94 bits per heavy atom. The molecule has 0 bridgehead atoms. The topological polar surface area (TPSA) is 109 Å². The van der Waals surface area contributed by atoms with Crippen LogP contribution in [0, 0.1) is 5.92 Å². The molecule has 1 aliphatic heterocycles. The van der Waals surface area contributed by atoms with Gasteiger partial charge in [-0.05, 0) is 51.3 Å². The summed E-state index contributed by atoms with van der Waals surface area (Å²) in [6, 6.07) is 5.64. The lowest BCUT2D eigenvalue weighted by Gasteiger charge is -2.32. The van der Waals surface area contributed by atoms with E-state index in [1.807, 2.05) is 18.2 Å². The van der Waals surface area contributed by atoms with Crippen molar-refractivity contribution >= 4 is 46.0 Å². The van der Waals surface area contributed by atoms with Crippen LogP contribution in [0.2, 0.25) is 5.02 Å². The molecule has 3 aromatic rings. The molecule has 2 N–H and O–H groups in total. The van der Waals surface area contributed by atoms with E-state index in [4.69, 9.17) is 11.6 Å². The summed E-state index contributed by atoms with van der Waals surface area (Å²) in [5.74, 6) is 1.20. The van der Waals surface area contributed by atoms with Crippen molar-refractivity contribution in [1.29, 1.82) is 0 Å². The zero-order chi connectivity index (χ0) is 26.2. The highest BCUT2D eigenvalue weighted by Crippen LogP contribution is 2.29. The third kappa shape index (κ3) is 5.49. The average molecular weight is 516 g/mol. The number of rotatable bonds is 7. The standard InChI is InChI=1S/C25H34ClN7O3/c1-25(2,36)10-13-33-20-14-17(6-7-19(20)31(5)24(33)35)28-21-18(26)15-27-23(29-21)32-11-8-16(9-12-32)22(34)30(3)4/h6-7,14-16,36H,8-13H2,1-5H3,(H,27,28,29). The number of hydrogen-bond acceptors (Lipinski definition) is 7. The number of carbonyl (C=O) groups is 1. The van der Waals surface area contributed by atoms with Gasteiger partial charge in [-0.2, -0.15) is 4.98 Å². The molecule has 4 rings (SSSR count). The third-order valence-corrected chi connectivity index (χ3v) is 6.93. The van der Waals surface area contributed by atoms with Crippen LogP contribution in [0.5, 0.6) is 0 Å². The first-order chi connectivity index (χ1) is 16.9. The van der Waals surface area contributed by atoms with E-state index in [9.17, 15) is 14.7 Å². The second-order valence-electron chi connectivity index (χ2n) is 10.2. The fourth-order valence-corrected chi connectivity index (χ4v) is 4.65. The zero-order valence-electron chi connectivity index (χ0n) is 21.5. The maximum Gasteiger partial charge on any atom is 0.328 e. The summed E-state index contributed by atoms with van der Waals surface area (Å²) < 4.78 is 3.27. The van der Waals surface area contributed by atoms with Crippen LogP contribution in [0.15, 0.2) is 29.2 Å². The molecule has 3 heterocycles. The molecule has 0 atom stereocenters. The fourth-order valence-electron chi connectivity index (χ4n) is 4.52.